The molecule has 0 bridgehead atoms. The third-order valence-electron chi connectivity index (χ3n) is 4.29. The molecule has 104 valence electrons. The van der Waals surface area contributed by atoms with E-state index in [-0.39, 0.29) is 18.2 Å². The van der Waals surface area contributed by atoms with Gasteiger partial charge in [-0.1, -0.05) is 6.92 Å². The second kappa shape index (κ2) is 5.91. The maximum Gasteiger partial charge on any atom is 0.320 e. The molecule has 2 unspecified atom stereocenters. The van der Waals surface area contributed by atoms with Crippen molar-refractivity contribution in [3.63, 3.8) is 0 Å². The Bertz CT molecular complexity index is 286. The van der Waals surface area contributed by atoms with Crippen molar-refractivity contribution in [3.05, 3.63) is 0 Å². The van der Waals surface area contributed by atoms with E-state index in [2.05, 4.69) is 6.92 Å². The van der Waals surface area contributed by atoms with Gasteiger partial charge in [0.25, 0.3) is 0 Å². The van der Waals surface area contributed by atoms with Crippen molar-refractivity contribution in [2.75, 3.05) is 19.6 Å². The molecule has 2 amide bonds. The molecule has 4 nitrogen and oxygen atoms in total. The number of nitrogens with zero attached hydrogens (tertiary/aromatic N) is 2. The van der Waals surface area contributed by atoms with Gasteiger partial charge in [-0.05, 0) is 44.9 Å². The largest absolute Gasteiger partial charge is 0.393 e. The third-order valence-corrected chi connectivity index (χ3v) is 4.29. The second-order valence-electron chi connectivity index (χ2n) is 6.03. The highest BCUT2D eigenvalue weighted by atomic mass is 16.3. The molecule has 2 atom stereocenters. The monoisotopic (exact) mass is 254 g/mol. The number of hydrogen-bond acceptors (Lipinski definition) is 2. The highest BCUT2D eigenvalue weighted by molar-refractivity contribution is 5.75. The normalized spacial score (nSPS) is 27.6. The van der Waals surface area contributed by atoms with E-state index in [0.717, 1.165) is 57.7 Å². The molecule has 2 saturated heterocycles. The topological polar surface area (TPSA) is 43.8 Å². The lowest BCUT2D eigenvalue weighted by Crippen LogP contribution is -2.48. The van der Waals surface area contributed by atoms with Crippen LogP contribution in [-0.4, -0.2) is 52.7 Å². The Morgan fingerprint density at radius 3 is 2.56 bits per heavy atom. The summed E-state index contributed by atoms with van der Waals surface area (Å²) in [5.74, 6) is 0.751. The predicted molar refractivity (Wildman–Crippen MR) is 71.4 cm³/mol. The summed E-state index contributed by atoms with van der Waals surface area (Å²) in [4.78, 5) is 16.5. The van der Waals surface area contributed by atoms with Crippen molar-refractivity contribution in [1.82, 2.24) is 9.80 Å². The highest BCUT2D eigenvalue weighted by Gasteiger charge is 2.33. The fourth-order valence-corrected chi connectivity index (χ4v) is 3.11. The number of piperidine rings is 1. The van der Waals surface area contributed by atoms with Crippen molar-refractivity contribution in [1.29, 1.82) is 0 Å². The van der Waals surface area contributed by atoms with E-state index in [1.54, 1.807) is 0 Å². The van der Waals surface area contributed by atoms with E-state index in [4.69, 9.17) is 0 Å². The number of aliphatic hydroxyl groups is 1. The van der Waals surface area contributed by atoms with Gasteiger partial charge in [-0.3, -0.25) is 0 Å². The van der Waals surface area contributed by atoms with Crippen molar-refractivity contribution in [3.8, 4) is 0 Å². The molecule has 1 N–H and O–H groups in total. The van der Waals surface area contributed by atoms with Crippen LogP contribution in [0.1, 0.15) is 46.0 Å². The minimum absolute atomic E-state index is 0.199. The fourth-order valence-electron chi connectivity index (χ4n) is 3.11. The summed E-state index contributed by atoms with van der Waals surface area (Å²) >= 11 is 0. The van der Waals surface area contributed by atoms with E-state index in [1.165, 1.54) is 0 Å². The number of urea groups is 1. The molecule has 0 spiro atoms. The minimum Gasteiger partial charge on any atom is -0.393 e. The van der Waals surface area contributed by atoms with Crippen LogP contribution in [0.2, 0.25) is 0 Å². The zero-order valence-electron chi connectivity index (χ0n) is 11.6. The number of rotatable bonds is 2. The number of carbonyl (C=O) groups excluding carboxylic acids is 1. The first-order valence-electron chi connectivity index (χ1n) is 7.31. The molecule has 0 aromatic heterocycles. The molecule has 0 aromatic rings. The molecule has 0 saturated carbocycles. The zero-order valence-corrected chi connectivity index (χ0v) is 11.6. The number of amides is 2. The van der Waals surface area contributed by atoms with Crippen LogP contribution in [-0.2, 0) is 0 Å². The van der Waals surface area contributed by atoms with Gasteiger partial charge < -0.3 is 14.9 Å². The van der Waals surface area contributed by atoms with Crippen LogP contribution in [0.3, 0.4) is 0 Å². The lowest BCUT2D eigenvalue weighted by Gasteiger charge is -2.36. The van der Waals surface area contributed by atoms with E-state index in [1.807, 2.05) is 16.7 Å². The molecule has 0 aromatic carbocycles. The average molecular weight is 254 g/mol. The lowest BCUT2D eigenvalue weighted by atomic mass is 9.99. The summed E-state index contributed by atoms with van der Waals surface area (Å²) in [5, 5.41) is 9.51. The molecule has 2 fully saturated rings. The average Bonchev–Trinajstić information content (AvgIpc) is 2.76. The summed E-state index contributed by atoms with van der Waals surface area (Å²) in [5.41, 5.74) is 0. The quantitative estimate of drug-likeness (QED) is 0.820. The van der Waals surface area contributed by atoms with Gasteiger partial charge in [0.1, 0.15) is 0 Å². The van der Waals surface area contributed by atoms with E-state index < -0.39 is 0 Å². The van der Waals surface area contributed by atoms with Crippen LogP contribution in [0, 0.1) is 5.92 Å². The van der Waals surface area contributed by atoms with Gasteiger partial charge in [-0.25, -0.2) is 4.79 Å². The molecule has 0 aliphatic carbocycles. The summed E-state index contributed by atoms with van der Waals surface area (Å²) < 4.78 is 0. The van der Waals surface area contributed by atoms with Crippen LogP contribution < -0.4 is 0 Å². The van der Waals surface area contributed by atoms with Crippen LogP contribution in [0.5, 0.6) is 0 Å². The molecule has 0 radical (unpaired) electrons. The van der Waals surface area contributed by atoms with Crippen LogP contribution in [0.15, 0.2) is 0 Å². The zero-order chi connectivity index (χ0) is 13.1. The van der Waals surface area contributed by atoms with E-state index in [0.29, 0.717) is 0 Å². The Hall–Kier alpha value is -0.770. The maximum atomic E-state index is 12.5. The number of hydrogen-bond donors (Lipinski definition) is 1. The third kappa shape index (κ3) is 3.16. The molecule has 4 heteroatoms. The molecule has 2 aliphatic rings. The van der Waals surface area contributed by atoms with Crippen LogP contribution in [0.4, 0.5) is 4.79 Å². The van der Waals surface area contributed by atoms with Gasteiger partial charge in [0.05, 0.1) is 6.10 Å². The van der Waals surface area contributed by atoms with Gasteiger partial charge in [-0.2, -0.15) is 0 Å². The molecule has 2 aliphatic heterocycles. The summed E-state index contributed by atoms with van der Waals surface area (Å²) in [6.45, 7) is 6.73. The van der Waals surface area contributed by atoms with Gasteiger partial charge in [0.15, 0.2) is 0 Å². The van der Waals surface area contributed by atoms with Crippen molar-refractivity contribution >= 4 is 6.03 Å². The van der Waals surface area contributed by atoms with Crippen molar-refractivity contribution < 1.29 is 9.90 Å². The first-order valence-corrected chi connectivity index (χ1v) is 7.31. The summed E-state index contributed by atoms with van der Waals surface area (Å²) in [7, 11) is 0. The van der Waals surface area contributed by atoms with Crippen LogP contribution in [0.25, 0.3) is 0 Å². The summed E-state index contributed by atoms with van der Waals surface area (Å²) in [6, 6.07) is 0.446. The van der Waals surface area contributed by atoms with Gasteiger partial charge in [0.2, 0.25) is 0 Å². The Balaban J connectivity index is 1.91. The SMILES string of the molecule is CC(O)CC1CCCN1C(=O)N1CCC(C)CC1. The Labute approximate surface area is 110 Å². The first-order chi connectivity index (χ1) is 8.58. The van der Waals surface area contributed by atoms with Crippen molar-refractivity contribution in [2.45, 2.75) is 58.1 Å². The number of aliphatic hydroxyl groups excluding tert-OH is 1. The molecular weight excluding hydrogens is 228 g/mol. The van der Waals surface area contributed by atoms with Gasteiger partial charge in [-0.15, -0.1) is 0 Å². The second-order valence-corrected chi connectivity index (χ2v) is 6.03. The molecule has 2 rings (SSSR count). The smallest absolute Gasteiger partial charge is 0.320 e. The molecule has 18 heavy (non-hydrogen) atoms. The Morgan fingerprint density at radius 2 is 1.94 bits per heavy atom. The van der Waals surface area contributed by atoms with E-state index >= 15 is 0 Å². The van der Waals surface area contributed by atoms with Gasteiger partial charge >= 0.3 is 6.03 Å². The number of likely N-dealkylation sites (tertiary alicyclic amines) is 2. The molecule has 2 heterocycles. The van der Waals surface area contributed by atoms with E-state index in [9.17, 15) is 9.90 Å². The van der Waals surface area contributed by atoms with Crippen LogP contribution >= 0.6 is 0 Å². The standard InChI is InChI=1S/C14H26N2O2/c1-11-5-8-15(9-6-11)14(18)16-7-3-4-13(16)10-12(2)17/h11-13,17H,3-10H2,1-2H3. The Morgan fingerprint density at radius 1 is 1.28 bits per heavy atom. The Kier molecular flexibility index (Phi) is 4.49. The first kappa shape index (κ1) is 13.7. The number of carbonyl (C=O) groups is 1. The fraction of sp³-hybridized carbons (Fsp3) is 0.929. The van der Waals surface area contributed by atoms with Gasteiger partial charge in [0, 0.05) is 25.7 Å². The lowest BCUT2D eigenvalue weighted by molar-refractivity contribution is 0.109. The summed E-state index contributed by atoms with van der Waals surface area (Å²) in [6.07, 6.45) is 4.77. The van der Waals surface area contributed by atoms with Crippen molar-refractivity contribution in [2.24, 2.45) is 5.92 Å². The maximum absolute atomic E-state index is 12.5. The predicted octanol–water partition coefficient (Wildman–Crippen LogP) is 2.07. The minimum atomic E-state index is -0.315. The molecular formula is C14H26N2O2. The highest BCUT2D eigenvalue weighted by Crippen LogP contribution is 2.25.